The van der Waals surface area contributed by atoms with Crippen molar-refractivity contribution < 1.29 is 22.7 Å². The van der Waals surface area contributed by atoms with Crippen LogP contribution in [0.15, 0.2) is 23.1 Å². The Bertz CT molecular complexity index is 773. The largest absolute Gasteiger partial charge is 0.486 e. The van der Waals surface area contributed by atoms with Crippen LogP contribution in [0.2, 0.25) is 0 Å². The predicted octanol–water partition coefficient (Wildman–Crippen LogP) is 1.44. The number of hydrogen-bond donors (Lipinski definition) is 1. The molecule has 25 heavy (non-hydrogen) atoms. The molecule has 2 heterocycles. The summed E-state index contributed by atoms with van der Waals surface area (Å²) in [6.45, 7) is 6.43. The van der Waals surface area contributed by atoms with Crippen molar-refractivity contribution in [2.24, 2.45) is 0 Å². The Labute approximate surface area is 152 Å². The number of carbonyl (C=O) groups is 1. The van der Waals surface area contributed by atoms with Gasteiger partial charge in [-0.3, -0.25) is 4.79 Å². The lowest BCUT2D eigenvalue weighted by Gasteiger charge is -2.27. The first kappa shape index (κ1) is 18.3. The number of rotatable bonds is 3. The fraction of sp³-hybridized carbons (Fsp3) is 0.562. The highest BCUT2D eigenvalue weighted by Gasteiger charge is 2.41. The molecule has 0 saturated carbocycles. The maximum Gasteiger partial charge on any atom is 0.244 e. The molecule has 1 unspecified atom stereocenters. The minimum Gasteiger partial charge on any atom is -0.486 e. The molecule has 0 spiro atoms. The zero-order chi connectivity index (χ0) is 18.2. The minimum atomic E-state index is -3.81. The van der Waals surface area contributed by atoms with Crippen molar-refractivity contribution in [2.75, 3.05) is 24.8 Å². The molecule has 0 aromatic heterocycles. The van der Waals surface area contributed by atoms with E-state index in [9.17, 15) is 13.2 Å². The van der Waals surface area contributed by atoms with Crippen LogP contribution in [-0.2, 0) is 14.8 Å². The molecule has 2 aliphatic rings. The second-order valence-electron chi connectivity index (χ2n) is 6.95. The average Bonchev–Trinajstić information content (AvgIpc) is 3.03. The monoisotopic (exact) mass is 386 g/mol. The SMILES string of the molecule is CC(C)(C)NC(=O)C1CSCN1S(=O)(=O)c1ccc2c(c1)OCCO2. The topological polar surface area (TPSA) is 84.9 Å². The van der Waals surface area contributed by atoms with Crippen molar-refractivity contribution in [3.63, 3.8) is 0 Å². The van der Waals surface area contributed by atoms with Crippen molar-refractivity contribution in [3.8, 4) is 11.5 Å². The van der Waals surface area contributed by atoms with E-state index in [4.69, 9.17) is 9.47 Å². The lowest BCUT2D eigenvalue weighted by Crippen LogP contribution is -2.52. The number of sulfonamides is 1. The van der Waals surface area contributed by atoms with Gasteiger partial charge in [-0.25, -0.2) is 8.42 Å². The average molecular weight is 386 g/mol. The van der Waals surface area contributed by atoms with Crippen LogP contribution >= 0.6 is 11.8 Å². The smallest absolute Gasteiger partial charge is 0.244 e. The van der Waals surface area contributed by atoms with Gasteiger partial charge in [-0.1, -0.05) is 0 Å². The highest BCUT2D eigenvalue weighted by molar-refractivity contribution is 8.00. The summed E-state index contributed by atoms with van der Waals surface area (Å²) in [5.74, 6) is 1.35. The molecule has 1 N–H and O–H groups in total. The molecule has 1 aromatic rings. The Morgan fingerprint density at radius 1 is 1.24 bits per heavy atom. The summed E-state index contributed by atoms with van der Waals surface area (Å²) in [4.78, 5) is 12.6. The van der Waals surface area contributed by atoms with E-state index >= 15 is 0 Å². The molecule has 1 atom stereocenters. The predicted molar refractivity (Wildman–Crippen MR) is 95.5 cm³/mol. The fourth-order valence-electron chi connectivity index (χ4n) is 2.64. The quantitative estimate of drug-likeness (QED) is 0.846. The molecule has 1 amide bonds. The van der Waals surface area contributed by atoms with Crippen LogP contribution in [0.3, 0.4) is 0 Å². The first-order valence-corrected chi connectivity index (χ1v) is 10.6. The standard InChI is InChI=1S/C16H22N2O5S2/c1-16(2,3)17-15(19)12-9-24-10-18(12)25(20,21)11-4-5-13-14(8-11)23-7-6-22-13/h4-5,8,12H,6-7,9-10H2,1-3H3,(H,17,19). The third-order valence-corrected chi connectivity index (χ3v) is 6.79. The summed E-state index contributed by atoms with van der Waals surface area (Å²) in [5.41, 5.74) is -0.420. The van der Waals surface area contributed by atoms with Crippen molar-refractivity contribution in [1.82, 2.24) is 9.62 Å². The van der Waals surface area contributed by atoms with Crippen LogP contribution in [-0.4, -0.2) is 55.1 Å². The van der Waals surface area contributed by atoms with Crippen LogP contribution < -0.4 is 14.8 Å². The zero-order valence-electron chi connectivity index (χ0n) is 14.4. The van der Waals surface area contributed by atoms with E-state index in [0.29, 0.717) is 30.5 Å². The molecule has 0 radical (unpaired) electrons. The first-order chi connectivity index (χ1) is 11.7. The molecule has 1 fully saturated rings. The van der Waals surface area contributed by atoms with E-state index in [0.717, 1.165) is 0 Å². The van der Waals surface area contributed by atoms with Gasteiger partial charge in [0.25, 0.3) is 0 Å². The third-order valence-electron chi connectivity index (χ3n) is 3.76. The van der Waals surface area contributed by atoms with E-state index in [-0.39, 0.29) is 16.7 Å². The van der Waals surface area contributed by atoms with Crippen molar-refractivity contribution in [3.05, 3.63) is 18.2 Å². The van der Waals surface area contributed by atoms with Gasteiger partial charge in [-0.15, -0.1) is 11.8 Å². The van der Waals surface area contributed by atoms with Gasteiger partial charge < -0.3 is 14.8 Å². The van der Waals surface area contributed by atoms with Gasteiger partial charge in [-0.05, 0) is 32.9 Å². The van der Waals surface area contributed by atoms with E-state index in [1.807, 2.05) is 20.8 Å². The van der Waals surface area contributed by atoms with Crippen LogP contribution in [0.4, 0.5) is 0 Å². The number of hydrogen-bond acceptors (Lipinski definition) is 6. The second-order valence-corrected chi connectivity index (χ2v) is 9.84. The van der Waals surface area contributed by atoms with Gasteiger partial charge in [-0.2, -0.15) is 4.31 Å². The van der Waals surface area contributed by atoms with Crippen LogP contribution in [0, 0.1) is 0 Å². The number of carbonyl (C=O) groups excluding carboxylic acids is 1. The Morgan fingerprint density at radius 3 is 2.60 bits per heavy atom. The number of nitrogens with zero attached hydrogens (tertiary/aromatic N) is 1. The summed E-state index contributed by atoms with van der Waals surface area (Å²) in [6, 6.07) is 3.83. The van der Waals surface area contributed by atoms with Crippen LogP contribution in [0.1, 0.15) is 20.8 Å². The summed E-state index contributed by atoms with van der Waals surface area (Å²) in [7, 11) is -3.81. The van der Waals surface area contributed by atoms with Gasteiger partial charge in [0, 0.05) is 17.4 Å². The van der Waals surface area contributed by atoms with Crippen molar-refractivity contribution >= 4 is 27.7 Å². The minimum absolute atomic E-state index is 0.104. The van der Waals surface area contributed by atoms with Crippen molar-refractivity contribution in [1.29, 1.82) is 0 Å². The Morgan fingerprint density at radius 2 is 1.92 bits per heavy atom. The molecule has 7 nitrogen and oxygen atoms in total. The highest BCUT2D eigenvalue weighted by atomic mass is 32.2. The lowest BCUT2D eigenvalue weighted by atomic mass is 10.1. The highest BCUT2D eigenvalue weighted by Crippen LogP contribution is 2.35. The Hall–Kier alpha value is -1.45. The van der Waals surface area contributed by atoms with E-state index in [2.05, 4.69) is 5.32 Å². The summed E-state index contributed by atoms with van der Waals surface area (Å²) >= 11 is 1.42. The number of amides is 1. The molecule has 0 aliphatic carbocycles. The molecule has 9 heteroatoms. The third kappa shape index (κ3) is 3.88. The number of fused-ring (bicyclic) bond motifs is 1. The number of thioether (sulfide) groups is 1. The Kier molecular flexibility index (Phi) is 4.91. The van der Waals surface area contributed by atoms with Gasteiger partial charge in [0.05, 0.1) is 10.8 Å². The molecule has 3 rings (SSSR count). The van der Waals surface area contributed by atoms with Gasteiger partial charge in [0.15, 0.2) is 11.5 Å². The van der Waals surface area contributed by atoms with Crippen molar-refractivity contribution in [2.45, 2.75) is 37.2 Å². The molecular formula is C16H22N2O5S2. The zero-order valence-corrected chi connectivity index (χ0v) is 16.1. The summed E-state index contributed by atoms with van der Waals surface area (Å²) < 4.78 is 38.2. The number of nitrogens with one attached hydrogen (secondary N) is 1. The van der Waals surface area contributed by atoms with E-state index in [1.165, 1.54) is 28.2 Å². The summed E-state index contributed by atoms with van der Waals surface area (Å²) in [5, 5.41) is 2.86. The van der Waals surface area contributed by atoms with Crippen LogP contribution in [0.25, 0.3) is 0 Å². The lowest BCUT2D eigenvalue weighted by molar-refractivity contribution is -0.125. The molecular weight excluding hydrogens is 364 g/mol. The normalized spacial score (nSPS) is 21.2. The fourth-order valence-corrected chi connectivity index (χ4v) is 5.81. The van der Waals surface area contributed by atoms with Gasteiger partial charge >= 0.3 is 0 Å². The maximum atomic E-state index is 13.0. The molecule has 2 aliphatic heterocycles. The van der Waals surface area contributed by atoms with E-state index in [1.54, 1.807) is 6.07 Å². The molecule has 1 saturated heterocycles. The first-order valence-electron chi connectivity index (χ1n) is 8.00. The number of benzene rings is 1. The molecule has 0 bridgehead atoms. The maximum absolute atomic E-state index is 13.0. The van der Waals surface area contributed by atoms with E-state index < -0.39 is 21.6 Å². The van der Waals surface area contributed by atoms with Gasteiger partial charge in [0.2, 0.25) is 15.9 Å². The van der Waals surface area contributed by atoms with Gasteiger partial charge in [0.1, 0.15) is 19.3 Å². The van der Waals surface area contributed by atoms with Crippen LogP contribution in [0.5, 0.6) is 11.5 Å². The summed E-state index contributed by atoms with van der Waals surface area (Å²) in [6.07, 6.45) is 0. The number of ether oxygens (including phenoxy) is 2. The Balaban J connectivity index is 1.87. The molecule has 138 valence electrons. The second kappa shape index (κ2) is 6.69. The molecule has 1 aromatic carbocycles.